The molecule has 2 aliphatic rings. The molecule has 2 aromatic carbocycles. The summed E-state index contributed by atoms with van der Waals surface area (Å²) in [7, 11) is 0. The fraction of sp³-hybridized carbons (Fsp3) is 0.286. The second-order valence-corrected chi connectivity index (χ2v) is 8.30. The van der Waals surface area contributed by atoms with Crippen molar-refractivity contribution in [3.8, 4) is 0 Å². The van der Waals surface area contributed by atoms with E-state index in [4.69, 9.17) is 23.2 Å². The van der Waals surface area contributed by atoms with Crippen molar-refractivity contribution in [1.82, 2.24) is 10.2 Å². The van der Waals surface area contributed by atoms with E-state index < -0.39 is 23.4 Å². The molecule has 1 fully saturated rings. The summed E-state index contributed by atoms with van der Waals surface area (Å²) >= 11 is 12.2. The molecule has 4 rings (SSSR count). The molecular weight excluding hydrogens is 413 g/mol. The Kier molecular flexibility index (Phi) is 5.00. The van der Waals surface area contributed by atoms with Gasteiger partial charge in [-0.1, -0.05) is 35.3 Å². The van der Waals surface area contributed by atoms with Crippen molar-refractivity contribution in [3.63, 3.8) is 0 Å². The summed E-state index contributed by atoms with van der Waals surface area (Å²) in [4.78, 5) is 38.8. The molecule has 6 nitrogen and oxygen atoms in total. The lowest BCUT2D eigenvalue weighted by atomic mass is 9.92. The Bertz CT molecular complexity index is 1040. The molecule has 0 bridgehead atoms. The van der Waals surface area contributed by atoms with E-state index in [1.165, 1.54) is 17.2 Å². The predicted octanol–water partition coefficient (Wildman–Crippen LogP) is 3.89. The highest BCUT2D eigenvalue weighted by Crippen LogP contribution is 2.35. The Labute approximate surface area is 178 Å². The molecule has 0 aromatic heterocycles. The minimum atomic E-state index is -1.37. The van der Waals surface area contributed by atoms with Gasteiger partial charge in [0.1, 0.15) is 12.1 Å². The number of carbonyl (C=O) groups excluding carboxylic acids is 3. The molecule has 1 heterocycles. The van der Waals surface area contributed by atoms with Gasteiger partial charge >= 0.3 is 6.03 Å². The number of rotatable bonds is 4. The van der Waals surface area contributed by atoms with Crippen LogP contribution < -0.4 is 10.6 Å². The third-order valence-electron chi connectivity index (χ3n) is 5.43. The number of fused-ring (bicyclic) bond motifs is 1. The summed E-state index contributed by atoms with van der Waals surface area (Å²) in [6, 6.07) is 9.84. The van der Waals surface area contributed by atoms with Crippen LogP contribution >= 0.6 is 23.2 Å². The smallest absolute Gasteiger partial charge is 0.325 e. The summed E-state index contributed by atoms with van der Waals surface area (Å²) in [6.07, 6.45) is 3.16. The lowest BCUT2D eigenvalue weighted by molar-refractivity contribution is -0.133. The van der Waals surface area contributed by atoms with Crippen molar-refractivity contribution in [3.05, 3.63) is 63.1 Å². The van der Waals surface area contributed by atoms with Gasteiger partial charge in [0, 0.05) is 21.3 Å². The number of benzene rings is 2. The number of nitrogens with zero attached hydrogens (tertiary/aromatic N) is 1. The standard InChI is InChI=1S/C21H19Cl2N3O3/c1-21(16-8-6-14(22)10-17(16)23)19(28)26(20(29)25-21)11-18(27)24-15-7-5-12-3-2-4-13(12)9-15/h5-10H,2-4,11H2,1H3,(H,24,27)(H,25,29)/t21-/m1/s1. The number of hydrogen-bond donors (Lipinski definition) is 2. The van der Waals surface area contributed by atoms with Crippen molar-refractivity contribution in [2.24, 2.45) is 0 Å². The molecule has 1 saturated heterocycles. The van der Waals surface area contributed by atoms with Crippen LogP contribution in [0.1, 0.15) is 30.0 Å². The summed E-state index contributed by atoms with van der Waals surface area (Å²) in [5.41, 5.74) is 2.23. The maximum absolute atomic E-state index is 13.0. The first-order chi connectivity index (χ1) is 13.8. The van der Waals surface area contributed by atoms with Gasteiger partial charge < -0.3 is 10.6 Å². The van der Waals surface area contributed by atoms with Crippen LogP contribution in [0, 0.1) is 0 Å². The van der Waals surface area contributed by atoms with Gasteiger partial charge in [-0.05, 0) is 61.6 Å². The molecule has 8 heteroatoms. The molecule has 0 saturated carbocycles. The molecular formula is C21H19Cl2N3O3. The molecule has 2 aromatic rings. The first kappa shape index (κ1) is 19.7. The first-order valence-electron chi connectivity index (χ1n) is 9.29. The highest BCUT2D eigenvalue weighted by Gasteiger charge is 2.50. The number of aryl methyl sites for hydroxylation is 2. The highest BCUT2D eigenvalue weighted by atomic mass is 35.5. The number of amides is 4. The topological polar surface area (TPSA) is 78.5 Å². The molecule has 1 aliphatic heterocycles. The van der Waals surface area contributed by atoms with E-state index in [9.17, 15) is 14.4 Å². The van der Waals surface area contributed by atoms with Crippen molar-refractivity contribution in [1.29, 1.82) is 0 Å². The number of imide groups is 1. The number of nitrogens with one attached hydrogen (secondary N) is 2. The van der Waals surface area contributed by atoms with Gasteiger partial charge in [-0.25, -0.2) is 4.79 Å². The monoisotopic (exact) mass is 431 g/mol. The van der Waals surface area contributed by atoms with Crippen LogP contribution in [-0.2, 0) is 28.0 Å². The number of carbonyl (C=O) groups is 3. The Morgan fingerprint density at radius 2 is 1.90 bits per heavy atom. The van der Waals surface area contributed by atoms with Crippen molar-refractivity contribution >= 4 is 46.7 Å². The number of urea groups is 1. The SMILES string of the molecule is C[C@]1(c2ccc(Cl)cc2Cl)NC(=O)N(CC(=O)Nc2ccc3c(c2)CCC3)C1=O. The van der Waals surface area contributed by atoms with E-state index in [0.717, 1.165) is 24.2 Å². The first-order valence-corrected chi connectivity index (χ1v) is 10.0. The van der Waals surface area contributed by atoms with Crippen LogP contribution in [0.4, 0.5) is 10.5 Å². The second kappa shape index (κ2) is 7.35. The van der Waals surface area contributed by atoms with E-state index in [2.05, 4.69) is 10.6 Å². The molecule has 2 N–H and O–H groups in total. The average molecular weight is 432 g/mol. The van der Waals surface area contributed by atoms with Crippen LogP contribution in [0.3, 0.4) is 0 Å². The van der Waals surface area contributed by atoms with Crippen molar-refractivity contribution in [2.75, 3.05) is 11.9 Å². The van der Waals surface area contributed by atoms with E-state index >= 15 is 0 Å². The highest BCUT2D eigenvalue weighted by molar-refractivity contribution is 6.35. The molecule has 0 unspecified atom stereocenters. The number of anilines is 1. The minimum Gasteiger partial charge on any atom is -0.325 e. The van der Waals surface area contributed by atoms with Gasteiger partial charge in [-0.2, -0.15) is 0 Å². The minimum absolute atomic E-state index is 0.262. The summed E-state index contributed by atoms with van der Waals surface area (Å²) < 4.78 is 0. The molecule has 0 spiro atoms. The fourth-order valence-electron chi connectivity index (χ4n) is 3.91. The van der Waals surface area contributed by atoms with Gasteiger partial charge in [0.25, 0.3) is 5.91 Å². The van der Waals surface area contributed by atoms with Gasteiger partial charge in [0.05, 0.1) is 0 Å². The molecule has 150 valence electrons. The second-order valence-electron chi connectivity index (χ2n) is 7.46. The third-order valence-corrected chi connectivity index (χ3v) is 5.98. The van der Waals surface area contributed by atoms with Crippen molar-refractivity contribution < 1.29 is 14.4 Å². The van der Waals surface area contributed by atoms with E-state index in [-0.39, 0.29) is 11.6 Å². The van der Waals surface area contributed by atoms with Crippen LogP contribution in [0.2, 0.25) is 10.0 Å². The van der Waals surface area contributed by atoms with Crippen LogP contribution in [0.15, 0.2) is 36.4 Å². The Morgan fingerprint density at radius 3 is 2.66 bits per heavy atom. The van der Waals surface area contributed by atoms with Gasteiger partial charge in [0.15, 0.2) is 0 Å². The number of hydrogen-bond acceptors (Lipinski definition) is 3. The Hall–Kier alpha value is -2.57. The quantitative estimate of drug-likeness (QED) is 0.720. The van der Waals surface area contributed by atoms with E-state index in [1.54, 1.807) is 19.1 Å². The maximum Gasteiger partial charge on any atom is 0.325 e. The van der Waals surface area contributed by atoms with E-state index in [0.29, 0.717) is 16.3 Å². The molecule has 1 aliphatic carbocycles. The third kappa shape index (κ3) is 3.58. The Balaban J connectivity index is 1.49. The van der Waals surface area contributed by atoms with Gasteiger partial charge in [-0.15, -0.1) is 0 Å². The van der Waals surface area contributed by atoms with Crippen LogP contribution in [0.5, 0.6) is 0 Å². The van der Waals surface area contributed by atoms with Gasteiger partial charge in [-0.3, -0.25) is 14.5 Å². The van der Waals surface area contributed by atoms with Crippen LogP contribution in [0.25, 0.3) is 0 Å². The summed E-state index contributed by atoms with van der Waals surface area (Å²) in [5, 5.41) is 6.09. The van der Waals surface area contributed by atoms with Crippen molar-refractivity contribution in [2.45, 2.75) is 31.7 Å². The fourth-order valence-corrected chi connectivity index (χ4v) is 4.51. The zero-order valence-corrected chi connectivity index (χ0v) is 17.2. The maximum atomic E-state index is 13.0. The molecule has 29 heavy (non-hydrogen) atoms. The average Bonchev–Trinajstić information content (AvgIpc) is 3.20. The number of halogens is 2. The van der Waals surface area contributed by atoms with E-state index in [1.807, 2.05) is 18.2 Å². The zero-order chi connectivity index (χ0) is 20.8. The Morgan fingerprint density at radius 1 is 1.14 bits per heavy atom. The lowest BCUT2D eigenvalue weighted by Gasteiger charge is -2.23. The lowest BCUT2D eigenvalue weighted by Crippen LogP contribution is -2.42. The molecule has 0 radical (unpaired) electrons. The zero-order valence-electron chi connectivity index (χ0n) is 15.7. The molecule has 4 amide bonds. The largest absolute Gasteiger partial charge is 0.325 e. The van der Waals surface area contributed by atoms with Gasteiger partial charge in [0.2, 0.25) is 5.91 Å². The molecule has 1 atom stereocenters. The summed E-state index contributed by atoms with van der Waals surface area (Å²) in [5.74, 6) is -0.992. The summed E-state index contributed by atoms with van der Waals surface area (Å²) in [6.45, 7) is 1.17. The van der Waals surface area contributed by atoms with Crippen LogP contribution in [-0.4, -0.2) is 29.3 Å². The predicted molar refractivity (Wildman–Crippen MR) is 111 cm³/mol. The normalized spacial score (nSPS) is 20.6.